The Morgan fingerprint density at radius 1 is 1.14 bits per heavy atom. The van der Waals surface area contributed by atoms with Crippen molar-refractivity contribution in [1.82, 2.24) is 10.2 Å². The van der Waals surface area contributed by atoms with E-state index in [2.05, 4.69) is 5.32 Å². The van der Waals surface area contributed by atoms with Gasteiger partial charge in [-0.1, -0.05) is 12.1 Å². The minimum atomic E-state index is -0.554. The molecule has 0 spiro atoms. The molecule has 1 unspecified atom stereocenters. The second-order valence-electron chi connectivity index (χ2n) is 8.06. The normalized spacial score (nSPS) is 17.0. The van der Waals surface area contributed by atoms with Crippen LogP contribution < -0.4 is 5.32 Å². The number of piperidine rings is 1. The highest BCUT2D eigenvalue weighted by molar-refractivity contribution is 5.91. The van der Waals surface area contributed by atoms with E-state index in [1.807, 2.05) is 6.92 Å². The van der Waals surface area contributed by atoms with Crippen LogP contribution in [0, 0.1) is 0 Å². The van der Waals surface area contributed by atoms with Crippen LogP contribution in [0.25, 0.3) is 0 Å². The van der Waals surface area contributed by atoms with Crippen molar-refractivity contribution in [3.8, 4) is 0 Å². The van der Waals surface area contributed by atoms with Crippen molar-refractivity contribution in [2.75, 3.05) is 13.2 Å². The number of nitrogens with zero attached hydrogens (tertiary/aromatic N) is 1. The summed E-state index contributed by atoms with van der Waals surface area (Å²) < 4.78 is 10.3. The summed E-state index contributed by atoms with van der Waals surface area (Å²) in [6.07, 6.45) is 2.60. The topological polar surface area (TPSA) is 84.9 Å². The fourth-order valence-electron chi connectivity index (χ4n) is 3.01. The number of nitrogens with one attached hydrogen (secondary N) is 1. The van der Waals surface area contributed by atoms with Crippen molar-refractivity contribution in [2.45, 2.75) is 65.1 Å². The number of esters is 1. The summed E-state index contributed by atoms with van der Waals surface area (Å²) in [6.45, 7) is 8.16. The Hall–Kier alpha value is -2.57. The lowest BCUT2D eigenvalue weighted by Gasteiger charge is -2.33. The molecule has 2 rings (SSSR count). The molecule has 2 amide bonds. The van der Waals surface area contributed by atoms with Gasteiger partial charge in [0.05, 0.1) is 5.56 Å². The third-order valence-electron chi connectivity index (χ3n) is 4.48. The van der Waals surface area contributed by atoms with Gasteiger partial charge in [-0.05, 0) is 64.7 Å². The molecule has 0 radical (unpaired) electrons. The molecule has 1 fully saturated rings. The first-order valence-electron chi connectivity index (χ1n) is 9.68. The molecule has 1 aromatic rings. The molecule has 1 atom stereocenters. The number of rotatable bonds is 5. The Balaban J connectivity index is 1.79. The molecular formula is C21H30N2O5. The Morgan fingerprint density at radius 2 is 1.82 bits per heavy atom. The van der Waals surface area contributed by atoms with Crippen molar-refractivity contribution in [3.63, 3.8) is 0 Å². The number of hydrogen-bond donors (Lipinski definition) is 1. The molecule has 0 saturated carbocycles. The minimum absolute atomic E-state index is 0.154. The molecule has 1 aliphatic rings. The first-order chi connectivity index (χ1) is 13.2. The molecule has 7 nitrogen and oxygen atoms in total. The molecule has 154 valence electrons. The average Bonchev–Trinajstić information content (AvgIpc) is 2.63. The standard InChI is InChI=1S/C21H30N2O5/c1-15-7-5-6-12-23(15)18(24)14-27-19(25)17-10-8-16(9-11-17)13-22-20(26)28-21(2,3)4/h8-11,15H,5-7,12-14H2,1-4H3,(H,22,26). The smallest absolute Gasteiger partial charge is 0.407 e. The number of carbonyl (C=O) groups is 3. The van der Waals surface area contributed by atoms with Crippen LogP contribution in [0.4, 0.5) is 4.79 Å². The average molecular weight is 390 g/mol. The number of hydrogen-bond acceptors (Lipinski definition) is 5. The van der Waals surface area contributed by atoms with Crippen LogP contribution in [0.15, 0.2) is 24.3 Å². The fourth-order valence-corrected chi connectivity index (χ4v) is 3.01. The van der Waals surface area contributed by atoms with Gasteiger partial charge in [0, 0.05) is 19.1 Å². The van der Waals surface area contributed by atoms with Crippen LogP contribution in [0.2, 0.25) is 0 Å². The van der Waals surface area contributed by atoms with Gasteiger partial charge in [-0.25, -0.2) is 9.59 Å². The van der Waals surface area contributed by atoms with Gasteiger partial charge < -0.3 is 19.7 Å². The molecule has 1 heterocycles. The van der Waals surface area contributed by atoms with Gasteiger partial charge in [-0.3, -0.25) is 4.79 Å². The third kappa shape index (κ3) is 6.87. The Labute approximate surface area is 166 Å². The fraction of sp³-hybridized carbons (Fsp3) is 0.571. The number of amides is 2. The maximum atomic E-state index is 12.2. The predicted octanol–water partition coefficient (Wildman–Crippen LogP) is 3.27. The van der Waals surface area contributed by atoms with Crippen LogP contribution >= 0.6 is 0 Å². The van der Waals surface area contributed by atoms with Gasteiger partial charge in [0.1, 0.15) is 5.60 Å². The lowest BCUT2D eigenvalue weighted by Crippen LogP contribution is -2.44. The van der Waals surface area contributed by atoms with Crippen LogP contribution in [-0.4, -0.2) is 47.7 Å². The van der Waals surface area contributed by atoms with Gasteiger partial charge in [0.15, 0.2) is 6.61 Å². The lowest BCUT2D eigenvalue weighted by molar-refractivity contribution is -0.137. The van der Waals surface area contributed by atoms with E-state index in [1.54, 1.807) is 49.9 Å². The summed E-state index contributed by atoms with van der Waals surface area (Å²) in [5, 5.41) is 2.66. The SMILES string of the molecule is CC1CCCCN1C(=O)COC(=O)c1ccc(CNC(=O)OC(C)(C)C)cc1. The van der Waals surface area contributed by atoms with E-state index in [0.717, 1.165) is 31.4 Å². The summed E-state index contributed by atoms with van der Waals surface area (Å²) in [4.78, 5) is 37.9. The molecule has 1 aromatic carbocycles. The first-order valence-corrected chi connectivity index (χ1v) is 9.68. The summed E-state index contributed by atoms with van der Waals surface area (Å²) in [6, 6.07) is 6.87. The molecule has 7 heteroatoms. The molecule has 28 heavy (non-hydrogen) atoms. The Morgan fingerprint density at radius 3 is 2.43 bits per heavy atom. The third-order valence-corrected chi connectivity index (χ3v) is 4.48. The monoisotopic (exact) mass is 390 g/mol. The van der Waals surface area contributed by atoms with Gasteiger partial charge in [-0.15, -0.1) is 0 Å². The lowest BCUT2D eigenvalue weighted by atomic mass is 10.0. The molecule has 1 saturated heterocycles. The van der Waals surface area contributed by atoms with Gasteiger partial charge >= 0.3 is 12.1 Å². The highest BCUT2D eigenvalue weighted by Gasteiger charge is 2.24. The van der Waals surface area contributed by atoms with Crippen molar-refractivity contribution in [1.29, 1.82) is 0 Å². The Kier molecular flexibility index (Phi) is 7.43. The van der Waals surface area contributed by atoms with Crippen LogP contribution in [0.3, 0.4) is 0 Å². The summed E-state index contributed by atoms with van der Waals surface area (Å²) in [5.41, 5.74) is 0.627. The van der Waals surface area contributed by atoms with E-state index < -0.39 is 17.7 Å². The molecule has 0 aliphatic carbocycles. The highest BCUT2D eigenvalue weighted by atomic mass is 16.6. The zero-order valence-electron chi connectivity index (χ0n) is 17.1. The van der Waals surface area contributed by atoms with Gasteiger partial charge in [0.25, 0.3) is 5.91 Å². The van der Waals surface area contributed by atoms with Gasteiger partial charge in [0.2, 0.25) is 0 Å². The number of likely N-dealkylation sites (tertiary alicyclic amines) is 1. The van der Waals surface area contributed by atoms with E-state index in [9.17, 15) is 14.4 Å². The first kappa shape index (κ1) is 21.7. The highest BCUT2D eigenvalue weighted by Crippen LogP contribution is 2.16. The maximum Gasteiger partial charge on any atom is 0.407 e. The van der Waals surface area contributed by atoms with Crippen LogP contribution in [0.5, 0.6) is 0 Å². The molecule has 1 aliphatic heterocycles. The van der Waals surface area contributed by atoms with E-state index in [4.69, 9.17) is 9.47 Å². The number of carbonyl (C=O) groups excluding carboxylic acids is 3. The van der Waals surface area contributed by atoms with Crippen molar-refractivity contribution < 1.29 is 23.9 Å². The van der Waals surface area contributed by atoms with Crippen molar-refractivity contribution in [2.24, 2.45) is 0 Å². The molecule has 0 aromatic heterocycles. The molecular weight excluding hydrogens is 360 g/mol. The van der Waals surface area contributed by atoms with E-state index in [1.165, 1.54) is 0 Å². The van der Waals surface area contributed by atoms with E-state index in [-0.39, 0.29) is 25.1 Å². The zero-order valence-corrected chi connectivity index (χ0v) is 17.1. The number of benzene rings is 1. The van der Waals surface area contributed by atoms with Crippen LogP contribution in [-0.2, 0) is 20.8 Å². The zero-order chi connectivity index (χ0) is 20.7. The maximum absolute atomic E-state index is 12.2. The van der Waals surface area contributed by atoms with Crippen LogP contribution in [0.1, 0.15) is 62.9 Å². The summed E-state index contributed by atoms with van der Waals surface area (Å²) >= 11 is 0. The number of ether oxygens (including phenoxy) is 2. The van der Waals surface area contributed by atoms with E-state index in [0.29, 0.717) is 5.56 Å². The molecule has 1 N–H and O–H groups in total. The second-order valence-corrected chi connectivity index (χ2v) is 8.06. The largest absolute Gasteiger partial charge is 0.452 e. The van der Waals surface area contributed by atoms with Gasteiger partial charge in [-0.2, -0.15) is 0 Å². The minimum Gasteiger partial charge on any atom is -0.452 e. The predicted molar refractivity (Wildman–Crippen MR) is 105 cm³/mol. The van der Waals surface area contributed by atoms with E-state index >= 15 is 0 Å². The quantitative estimate of drug-likeness (QED) is 0.780. The Bertz CT molecular complexity index is 694. The van der Waals surface area contributed by atoms with Crippen molar-refractivity contribution in [3.05, 3.63) is 35.4 Å². The summed E-state index contributed by atoms with van der Waals surface area (Å²) in [7, 11) is 0. The second kappa shape index (κ2) is 9.57. The summed E-state index contributed by atoms with van der Waals surface area (Å²) in [5.74, 6) is -0.691. The number of alkyl carbamates (subject to hydrolysis) is 1. The van der Waals surface area contributed by atoms with Crippen molar-refractivity contribution >= 4 is 18.0 Å². The molecule has 0 bridgehead atoms.